The zero-order valence-electron chi connectivity index (χ0n) is 19.3. The molecule has 2 aromatic rings. The molecule has 180 valence electrons. The monoisotopic (exact) mass is 477 g/mol. The third-order valence-electron chi connectivity index (χ3n) is 6.79. The second-order valence-corrected chi connectivity index (χ2v) is 10.6. The van der Waals surface area contributed by atoms with Gasteiger partial charge in [-0.3, -0.25) is 14.7 Å². The molecule has 0 N–H and O–H groups in total. The van der Waals surface area contributed by atoms with Crippen LogP contribution in [0.3, 0.4) is 0 Å². The Morgan fingerprint density at radius 1 is 1.24 bits per heavy atom. The second-order valence-electron chi connectivity index (χ2n) is 9.54. The molecule has 0 amide bonds. The lowest BCUT2D eigenvalue weighted by Gasteiger charge is -2.31. The molecule has 33 heavy (non-hydrogen) atoms. The number of fused-ring (bicyclic) bond motifs is 1. The molecule has 0 aromatic carbocycles. The molecule has 3 heterocycles. The molecule has 0 atom stereocenters. The van der Waals surface area contributed by atoms with Crippen LogP contribution in [0.15, 0.2) is 18.5 Å². The highest BCUT2D eigenvalue weighted by atomic mass is 32.1. The summed E-state index contributed by atoms with van der Waals surface area (Å²) >= 11 is 1.41. The summed E-state index contributed by atoms with van der Waals surface area (Å²) < 4.78 is 29.8. The Labute approximate surface area is 198 Å². The lowest BCUT2D eigenvalue weighted by Crippen LogP contribution is -2.32. The van der Waals surface area contributed by atoms with Crippen LogP contribution in [0.25, 0.3) is 0 Å². The van der Waals surface area contributed by atoms with Gasteiger partial charge in [0.25, 0.3) is 11.6 Å². The number of pyridine rings is 1. The van der Waals surface area contributed by atoms with Crippen molar-refractivity contribution in [2.75, 3.05) is 19.7 Å². The van der Waals surface area contributed by atoms with E-state index in [-0.39, 0.29) is 0 Å². The Kier molecular flexibility index (Phi) is 8.41. The fraction of sp³-hybridized carbons (Fsp3) is 0.640. The van der Waals surface area contributed by atoms with Gasteiger partial charge in [-0.15, -0.1) is 0 Å². The van der Waals surface area contributed by atoms with Crippen LogP contribution in [0.2, 0.25) is 0 Å². The predicted molar refractivity (Wildman–Crippen MR) is 125 cm³/mol. The molecule has 1 aliphatic carbocycles. The molecular formula is C25H33F2N3O2S. The molecule has 0 bridgehead atoms. The molecule has 0 unspecified atom stereocenters. The van der Waals surface area contributed by atoms with Crippen LogP contribution in [0.1, 0.15) is 60.2 Å². The molecule has 2 aliphatic rings. The van der Waals surface area contributed by atoms with Gasteiger partial charge in [-0.25, -0.2) is 13.8 Å². The zero-order valence-corrected chi connectivity index (χ0v) is 20.1. The van der Waals surface area contributed by atoms with Gasteiger partial charge in [-0.2, -0.15) is 0 Å². The SMILES string of the molecule is Cc1cncc(CC(=O)CC2CCC(CCN3CCc4sc(OCC(F)F)nc4C3)CC2)c1. The Balaban J connectivity index is 1.15. The first-order valence-corrected chi connectivity index (χ1v) is 12.8. The van der Waals surface area contributed by atoms with Gasteiger partial charge in [-0.1, -0.05) is 30.2 Å². The molecule has 1 saturated carbocycles. The van der Waals surface area contributed by atoms with E-state index in [1.807, 2.05) is 19.2 Å². The van der Waals surface area contributed by atoms with Crippen LogP contribution < -0.4 is 4.74 Å². The van der Waals surface area contributed by atoms with E-state index in [2.05, 4.69) is 14.9 Å². The number of carbonyl (C=O) groups excluding carboxylic acids is 1. The molecule has 5 nitrogen and oxygen atoms in total. The van der Waals surface area contributed by atoms with E-state index in [0.717, 1.165) is 61.6 Å². The lowest BCUT2D eigenvalue weighted by molar-refractivity contribution is -0.119. The molecular weight excluding hydrogens is 444 g/mol. The highest BCUT2D eigenvalue weighted by Crippen LogP contribution is 2.34. The maximum atomic E-state index is 12.5. The van der Waals surface area contributed by atoms with Crippen LogP contribution in [0.4, 0.5) is 8.78 Å². The third-order valence-corrected chi connectivity index (χ3v) is 7.86. The first-order valence-electron chi connectivity index (χ1n) is 12.0. The molecule has 0 spiro atoms. The molecule has 1 fully saturated rings. The average molecular weight is 478 g/mol. The molecule has 0 saturated heterocycles. The Hall–Kier alpha value is -1.93. The minimum atomic E-state index is -2.47. The predicted octanol–water partition coefficient (Wildman–Crippen LogP) is 5.25. The molecule has 4 rings (SSSR count). The van der Waals surface area contributed by atoms with Gasteiger partial charge >= 0.3 is 0 Å². The van der Waals surface area contributed by atoms with E-state index in [1.54, 1.807) is 6.20 Å². The van der Waals surface area contributed by atoms with Crippen molar-refractivity contribution < 1.29 is 18.3 Å². The topological polar surface area (TPSA) is 55.3 Å². The third kappa shape index (κ3) is 7.27. The highest BCUT2D eigenvalue weighted by molar-refractivity contribution is 7.13. The lowest BCUT2D eigenvalue weighted by atomic mass is 9.78. The number of alkyl halides is 2. The van der Waals surface area contributed by atoms with Crippen molar-refractivity contribution in [1.29, 1.82) is 0 Å². The fourth-order valence-corrected chi connectivity index (χ4v) is 5.96. The highest BCUT2D eigenvalue weighted by Gasteiger charge is 2.26. The maximum Gasteiger partial charge on any atom is 0.273 e. The van der Waals surface area contributed by atoms with Crippen LogP contribution in [-0.4, -0.2) is 46.8 Å². The normalized spacial score (nSPS) is 21.2. The molecule has 1 aliphatic heterocycles. The summed E-state index contributed by atoms with van der Waals surface area (Å²) in [6.45, 7) is 4.22. The Bertz CT molecular complexity index is 928. The number of carbonyl (C=O) groups is 1. The van der Waals surface area contributed by atoms with Crippen molar-refractivity contribution in [1.82, 2.24) is 14.9 Å². The number of hydrogen-bond acceptors (Lipinski definition) is 6. The minimum absolute atomic E-state index is 0.329. The second kappa shape index (κ2) is 11.5. The van der Waals surface area contributed by atoms with E-state index in [0.29, 0.717) is 29.7 Å². The number of ketones is 1. The van der Waals surface area contributed by atoms with Crippen molar-refractivity contribution >= 4 is 17.1 Å². The van der Waals surface area contributed by atoms with Crippen LogP contribution in [-0.2, 0) is 24.2 Å². The molecule has 0 radical (unpaired) electrons. The number of thiazole rings is 1. The van der Waals surface area contributed by atoms with Crippen LogP contribution in [0.5, 0.6) is 5.19 Å². The van der Waals surface area contributed by atoms with E-state index >= 15 is 0 Å². The summed E-state index contributed by atoms with van der Waals surface area (Å²) in [5.74, 6) is 1.57. The number of aromatic nitrogens is 2. The molecule has 2 aromatic heterocycles. The fourth-order valence-electron chi connectivity index (χ4n) is 5.04. The first kappa shape index (κ1) is 24.2. The number of Topliss-reactive ketones (excluding diaryl/α,β-unsaturated/α-hetero) is 1. The van der Waals surface area contributed by atoms with Crippen LogP contribution >= 0.6 is 11.3 Å². The van der Waals surface area contributed by atoms with Crippen molar-refractivity contribution in [3.05, 3.63) is 40.2 Å². The number of rotatable bonds is 10. The Morgan fingerprint density at radius 3 is 2.79 bits per heavy atom. The van der Waals surface area contributed by atoms with Crippen molar-refractivity contribution in [2.45, 2.75) is 71.3 Å². The quantitative estimate of drug-likeness (QED) is 0.468. The summed E-state index contributed by atoms with van der Waals surface area (Å²) in [5.41, 5.74) is 3.11. The average Bonchev–Trinajstić information content (AvgIpc) is 3.19. The first-order chi connectivity index (χ1) is 15.9. The maximum absolute atomic E-state index is 12.5. The number of aryl methyl sites for hydroxylation is 1. The van der Waals surface area contributed by atoms with Crippen molar-refractivity contribution in [3.63, 3.8) is 0 Å². The van der Waals surface area contributed by atoms with Gasteiger partial charge in [-0.05, 0) is 62.1 Å². The van der Waals surface area contributed by atoms with E-state index in [1.165, 1.54) is 35.5 Å². The van der Waals surface area contributed by atoms with E-state index < -0.39 is 13.0 Å². The van der Waals surface area contributed by atoms with E-state index in [4.69, 9.17) is 4.74 Å². The Morgan fingerprint density at radius 2 is 2.03 bits per heavy atom. The smallest absolute Gasteiger partial charge is 0.273 e. The van der Waals surface area contributed by atoms with Crippen LogP contribution in [0, 0.1) is 18.8 Å². The van der Waals surface area contributed by atoms with Gasteiger partial charge in [0, 0.05) is 43.2 Å². The largest absolute Gasteiger partial charge is 0.464 e. The number of hydrogen-bond donors (Lipinski definition) is 0. The van der Waals surface area contributed by atoms with Gasteiger partial charge in [0.1, 0.15) is 5.78 Å². The van der Waals surface area contributed by atoms with Gasteiger partial charge in [0.15, 0.2) is 6.61 Å². The number of nitrogens with zero attached hydrogens (tertiary/aromatic N) is 3. The van der Waals surface area contributed by atoms with Gasteiger partial charge in [0.2, 0.25) is 0 Å². The number of ether oxygens (including phenoxy) is 1. The van der Waals surface area contributed by atoms with Crippen molar-refractivity contribution in [3.8, 4) is 5.19 Å². The number of halogens is 2. The summed E-state index contributed by atoms with van der Waals surface area (Å²) in [6, 6.07) is 2.05. The molecule has 8 heteroatoms. The summed E-state index contributed by atoms with van der Waals surface area (Å²) in [4.78, 5) is 24.7. The van der Waals surface area contributed by atoms with Crippen molar-refractivity contribution in [2.24, 2.45) is 11.8 Å². The minimum Gasteiger partial charge on any atom is -0.464 e. The summed E-state index contributed by atoms with van der Waals surface area (Å²) in [5, 5.41) is 0.369. The van der Waals surface area contributed by atoms with Gasteiger partial charge < -0.3 is 4.74 Å². The van der Waals surface area contributed by atoms with Gasteiger partial charge in [0.05, 0.1) is 5.69 Å². The summed E-state index contributed by atoms with van der Waals surface area (Å²) in [7, 11) is 0. The summed E-state index contributed by atoms with van der Waals surface area (Å²) in [6.07, 6.45) is 9.10. The van der Waals surface area contributed by atoms with E-state index in [9.17, 15) is 13.6 Å². The standard InChI is InChI=1S/C25H33F2N3O2S/c1-17-10-20(14-28-13-17)12-21(31)11-19-4-2-18(3-5-19)6-8-30-9-7-23-22(15-30)29-25(33-23)32-16-24(26)27/h10,13-14,18-19,24H,2-9,11-12,15-16H2,1H3. The zero-order chi connectivity index (χ0) is 23.2.